The van der Waals surface area contributed by atoms with Crippen LogP contribution in [-0.4, -0.2) is 40.2 Å². The van der Waals surface area contributed by atoms with Crippen molar-refractivity contribution in [3.63, 3.8) is 0 Å². The number of hydrogen-bond donors (Lipinski definition) is 1. The predicted molar refractivity (Wildman–Crippen MR) is 65.4 cm³/mol. The molecule has 0 aliphatic carbocycles. The molecule has 17 heavy (non-hydrogen) atoms. The third kappa shape index (κ3) is 3.32. The highest BCUT2D eigenvalue weighted by molar-refractivity contribution is 7.13. The smallest absolute Gasteiger partial charge is 0.232 e. The third-order valence-corrected chi connectivity index (χ3v) is 3.04. The van der Waals surface area contributed by atoms with E-state index < -0.39 is 0 Å². The van der Waals surface area contributed by atoms with Gasteiger partial charge in [-0.15, -0.1) is 10.2 Å². The largest absolute Gasteiger partial charge is 0.383 e. The molecular formula is C10H15N5OS. The van der Waals surface area contributed by atoms with Crippen LogP contribution in [0, 0.1) is 6.92 Å². The molecule has 0 unspecified atom stereocenters. The lowest BCUT2D eigenvalue weighted by atomic mass is 10.4. The lowest BCUT2D eigenvalue weighted by molar-refractivity contribution is 0.199. The van der Waals surface area contributed by atoms with E-state index in [4.69, 9.17) is 4.74 Å². The zero-order valence-electron chi connectivity index (χ0n) is 9.88. The van der Waals surface area contributed by atoms with Crippen molar-refractivity contribution < 1.29 is 4.74 Å². The molecule has 0 aliphatic rings. The second-order valence-electron chi connectivity index (χ2n) is 3.61. The van der Waals surface area contributed by atoms with Crippen molar-refractivity contribution in [1.82, 2.24) is 25.3 Å². The van der Waals surface area contributed by atoms with Crippen LogP contribution in [0.4, 0.5) is 0 Å². The van der Waals surface area contributed by atoms with Gasteiger partial charge in [0.25, 0.3) is 0 Å². The number of methoxy groups -OCH3 is 1. The molecule has 7 heteroatoms. The molecule has 0 bridgehead atoms. The molecular weight excluding hydrogens is 238 g/mol. The number of ether oxygens (including phenoxy) is 1. The second kappa shape index (κ2) is 5.85. The Morgan fingerprint density at radius 2 is 2.35 bits per heavy atom. The van der Waals surface area contributed by atoms with Gasteiger partial charge in [0.2, 0.25) is 5.13 Å². The average molecular weight is 253 g/mol. The maximum atomic E-state index is 4.95. The van der Waals surface area contributed by atoms with Crippen LogP contribution in [0.3, 0.4) is 0 Å². The van der Waals surface area contributed by atoms with E-state index in [1.165, 1.54) is 11.3 Å². The minimum Gasteiger partial charge on any atom is -0.383 e. The zero-order chi connectivity index (χ0) is 12.1. The molecule has 0 aliphatic heterocycles. The van der Waals surface area contributed by atoms with E-state index in [1.807, 2.05) is 13.1 Å². The van der Waals surface area contributed by atoms with Gasteiger partial charge in [0, 0.05) is 26.4 Å². The van der Waals surface area contributed by atoms with Gasteiger partial charge in [-0.05, 0) is 12.5 Å². The predicted octanol–water partition coefficient (Wildman–Crippen LogP) is 0.768. The third-order valence-electron chi connectivity index (χ3n) is 2.12. The average Bonchev–Trinajstić information content (AvgIpc) is 2.93. The summed E-state index contributed by atoms with van der Waals surface area (Å²) in [7, 11) is 1.69. The minimum atomic E-state index is 0.698. The van der Waals surface area contributed by atoms with Crippen LogP contribution in [0.25, 0.3) is 5.13 Å². The Bertz CT molecular complexity index is 467. The number of aryl methyl sites for hydroxylation is 1. The summed E-state index contributed by atoms with van der Waals surface area (Å²) in [5.41, 5.74) is 1.11. The lowest BCUT2D eigenvalue weighted by Gasteiger charge is -1.99. The number of nitrogens with one attached hydrogen (secondary N) is 1. The van der Waals surface area contributed by atoms with Crippen molar-refractivity contribution in [2.24, 2.45) is 0 Å². The molecule has 0 atom stereocenters. The molecule has 0 amide bonds. The fourth-order valence-electron chi connectivity index (χ4n) is 1.30. The van der Waals surface area contributed by atoms with Crippen molar-refractivity contribution in [2.45, 2.75) is 13.5 Å². The first-order valence-electron chi connectivity index (χ1n) is 5.33. The quantitative estimate of drug-likeness (QED) is 0.770. The van der Waals surface area contributed by atoms with Crippen LogP contribution in [-0.2, 0) is 11.3 Å². The Labute approximate surface area is 104 Å². The minimum absolute atomic E-state index is 0.698. The molecule has 0 spiro atoms. The van der Waals surface area contributed by atoms with Gasteiger partial charge in [-0.3, -0.25) is 0 Å². The highest BCUT2D eigenvalue weighted by Gasteiger charge is 2.06. The Balaban J connectivity index is 1.92. The maximum Gasteiger partial charge on any atom is 0.232 e. The zero-order valence-corrected chi connectivity index (χ0v) is 10.7. The lowest BCUT2D eigenvalue weighted by Crippen LogP contribution is -2.18. The first-order chi connectivity index (χ1) is 8.29. The van der Waals surface area contributed by atoms with Crippen LogP contribution in [0.2, 0.25) is 0 Å². The van der Waals surface area contributed by atoms with Crippen LogP contribution in [0.5, 0.6) is 0 Å². The Morgan fingerprint density at radius 3 is 3.06 bits per heavy atom. The van der Waals surface area contributed by atoms with Gasteiger partial charge in [-0.1, -0.05) is 11.3 Å². The van der Waals surface area contributed by atoms with Crippen molar-refractivity contribution in [3.8, 4) is 5.13 Å². The topological polar surface area (TPSA) is 64.9 Å². The Hall–Kier alpha value is -1.31. The molecule has 0 fully saturated rings. The summed E-state index contributed by atoms with van der Waals surface area (Å²) >= 11 is 1.53. The van der Waals surface area contributed by atoms with E-state index in [2.05, 4.69) is 20.6 Å². The second-order valence-corrected chi connectivity index (χ2v) is 4.65. The van der Waals surface area contributed by atoms with Crippen LogP contribution in [0.15, 0.2) is 12.4 Å². The maximum absolute atomic E-state index is 4.95. The Kier molecular flexibility index (Phi) is 4.18. The standard InChI is InChI=1S/C10H15N5OS/c1-8-5-12-15(7-8)10-14-13-9(17-10)6-11-3-4-16-2/h5,7,11H,3-4,6H2,1-2H3. The van der Waals surface area contributed by atoms with E-state index in [9.17, 15) is 0 Å². The number of rotatable bonds is 6. The van der Waals surface area contributed by atoms with Crippen molar-refractivity contribution in [2.75, 3.05) is 20.3 Å². The first-order valence-corrected chi connectivity index (χ1v) is 6.15. The highest BCUT2D eigenvalue weighted by atomic mass is 32.1. The van der Waals surface area contributed by atoms with Gasteiger partial charge in [-0.25, -0.2) is 4.68 Å². The van der Waals surface area contributed by atoms with Crippen molar-refractivity contribution in [1.29, 1.82) is 0 Å². The SMILES string of the molecule is COCCNCc1nnc(-n2cc(C)cn2)s1. The van der Waals surface area contributed by atoms with Gasteiger partial charge in [0.05, 0.1) is 12.8 Å². The summed E-state index contributed by atoms with van der Waals surface area (Å²) in [6.45, 7) is 4.22. The normalized spacial score (nSPS) is 10.9. The highest BCUT2D eigenvalue weighted by Crippen LogP contribution is 2.14. The molecule has 0 saturated heterocycles. The summed E-state index contributed by atoms with van der Waals surface area (Å²) < 4.78 is 6.69. The molecule has 0 radical (unpaired) electrons. The Morgan fingerprint density at radius 1 is 1.47 bits per heavy atom. The van der Waals surface area contributed by atoms with Gasteiger partial charge in [0.15, 0.2) is 0 Å². The van der Waals surface area contributed by atoms with Crippen LogP contribution < -0.4 is 5.32 Å². The van der Waals surface area contributed by atoms with Crippen LogP contribution in [0.1, 0.15) is 10.6 Å². The fraction of sp³-hybridized carbons (Fsp3) is 0.500. The van der Waals surface area contributed by atoms with Crippen LogP contribution >= 0.6 is 11.3 Å². The fourth-order valence-corrected chi connectivity index (χ4v) is 2.04. The molecule has 0 aromatic carbocycles. The molecule has 1 N–H and O–H groups in total. The summed E-state index contributed by atoms with van der Waals surface area (Å²) in [4.78, 5) is 0. The van der Waals surface area contributed by atoms with E-state index in [1.54, 1.807) is 18.0 Å². The number of nitrogens with zero attached hydrogens (tertiary/aromatic N) is 4. The van der Waals surface area contributed by atoms with Gasteiger partial charge in [-0.2, -0.15) is 5.10 Å². The molecule has 0 saturated carbocycles. The van der Waals surface area contributed by atoms with Gasteiger partial charge < -0.3 is 10.1 Å². The molecule has 92 valence electrons. The first kappa shape index (κ1) is 12.2. The van der Waals surface area contributed by atoms with E-state index in [0.29, 0.717) is 13.2 Å². The molecule has 2 aromatic heterocycles. The molecule has 2 rings (SSSR count). The van der Waals surface area contributed by atoms with Gasteiger partial charge in [0.1, 0.15) is 5.01 Å². The molecule has 2 heterocycles. The van der Waals surface area contributed by atoms with Crippen molar-refractivity contribution in [3.05, 3.63) is 23.0 Å². The van der Waals surface area contributed by atoms with Crippen molar-refractivity contribution >= 4 is 11.3 Å². The molecule has 2 aromatic rings. The summed E-state index contributed by atoms with van der Waals surface area (Å²) in [5.74, 6) is 0. The van der Waals surface area contributed by atoms with E-state index in [-0.39, 0.29) is 0 Å². The monoisotopic (exact) mass is 253 g/mol. The van der Waals surface area contributed by atoms with E-state index >= 15 is 0 Å². The number of hydrogen-bond acceptors (Lipinski definition) is 6. The van der Waals surface area contributed by atoms with Gasteiger partial charge >= 0.3 is 0 Å². The number of aromatic nitrogens is 4. The summed E-state index contributed by atoms with van der Waals surface area (Å²) in [6, 6.07) is 0. The summed E-state index contributed by atoms with van der Waals surface area (Å²) in [5, 5.41) is 17.4. The molecule has 6 nitrogen and oxygen atoms in total. The summed E-state index contributed by atoms with van der Waals surface area (Å²) in [6.07, 6.45) is 3.74. The van der Waals surface area contributed by atoms with E-state index in [0.717, 1.165) is 22.2 Å².